The lowest BCUT2D eigenvalue weighted by Gasteiger charge is -2.18. The van der Waals surface area contributed by atoms with Crippen molar-refractivity contribution in [3.8, 4) is 33.4 Å². The second-order valence-corrected chi connectivity index (χ2v) is 10.2. The molecule has 0 saturated heterocycles. The zero-order valence-corrected chi connectivity index (χ0v) is 22.4. The van der Waals surface area contributed by atoms with Gasteiger partial charge < -0.3 is 4.42 Å². The van der Waals surface area contributed by atoms with E-state index in [9.17, 15) is 6.85 Å². The van der Waals surface area contributed by atoms with Gasteiger partial charge in [0, 0.05) is 10.8 Å². The largest absolute Gasteiger partial charge is 0.456 e. The molecule has 1 nitrogen and oxygen atoms in total. The van der Waals surface area contributed by atoms with E-state index >= 15 is 0 Å². The van der Waals surface area contributed by atoms with E-state index in [1.807, 2.05) is 0 Å². The molecule has 0 N–H and O–H groups in total. The molecule has 9 rings (SSSR count). The molecule has 0 amide bonds. The molecule has 0 radical (unpaired) electrons. The zero-order chi connectivity index (χ0) is 39.6. The molecule has 0 bridgehead atoms. The van der Waals surface area contributed by atoms with Crippen molar-refractivity contribution < 1.29 is 22.2 Å². The average Bonchev–Trinajstić information content (AvgIpc) is 3.61. The van der Waals surface area contributed by atoms with E-state index in [0.717, 1.165) is 0 Å². The summed E-state index contributed by atoms with van der Waals surface area (Å²) in [6, 6.07) is 17.8. The van der Waals surface area contributed by atoms with Gasteiger partial charge >= 0.3 is 0 Å². The molecule has 0 aliphatic carbocycles. The standard InChI is InChI=1S/C42H26O/c1-2-10-27(11-3-1)28-18-19-30-25-31(21-20-29(30)24-28)41-35-13-4-6-15-37(35)42(38-16-7-5-14-36(38)41)32-22-23-34-33-12-8-9-17-39(33)43-40(34)26-32/h1-26H/i8D,9D,12D,17D,18D,19D,20D,21D,22D,23D,24D,25D,26D. The molecule has 0 fully saturated rings. The molecule has 9 aromatic rings. The van der Waals surface area contributed by atoms with Crippen molar-refractivity contribution in [2.75, 3.05) is 0 Å². The Morgan fingerprint density at radius 2 is 0.884 bits per heavy atom. The van der Waals surface area contributed by atoms with E-state index in [1.165, 1.54) is 0 Å². The molecule has 0 atom stereocenters. The van der Waals surface area contributed by atoms with Crippen LogP contribution in [0.3, 0.4) is 0 Å². The van der Waals surface area contributed by atoms with E-state index in [-0.39, 0.29) is 97.7 Å². The summed E-state index contributed by atoms with van der Waals surface area (Å²) in [6.45, 7) is 0. The van der Waals surface area contributed by atoms with E-state index in [4.69, 9.17) is 15.4 Å². The first-order valence-corrected chi connectivity index (χ1v) is 13.7. The van der Waals surface area contributed by atoms with Gasteiger partial charge in [-0.15, -0.1) is 0 Å². The van der Waals surface area contributed by atoms with Crippen molar-refractivity contribution in [1.29, 1.82) is 0 Å². The highest BCUT2D eigenvalue weighted by Gasteiger charge is 2.18. The van der Waals surface area contributed by atoms with Crippen molar-refractivity contribution in [2.24, 2.45) is 0 Å². The molecule has 0 aliphatic heterocycles. The molecule has 0 saturated carbocycles. The van der Waals surface area contributed by atoms with Crippen LogP contribution in [0.4, 0.5) is 0 Å². The summed E-state index contributed by atoms with van der Waals surface area (Å²) in [5.41, 5.74) is 0.995. The molecule has 0 unspecified atom stereocenters. The number of benzene rings is 8. The van der Waals surface area contributed by atoms with Gasteiger partial charge in [0.2, 0.25) is 0 Å². The summed E-state index contributed by atoms with van der Waals surface area (Å²) in [4.78, 5) is 0. The van der Waals surface area contributed by atoms with Gasteiger partial charge in [-0.05, 0) is 95.9 Å². The quantitative estimate of drug-likeness (QED) is 0.196. The zero-order valence-electron chi connectivity index (χ0n) is 35.4. The number of rotatable bonds is 3. The number of hydrogen-bond acceptors (Lipinski definition) is 1. The van der Waals surface area contributed by atoms with Gasteiger partial charge in [-0.2, -0.15) is 0 Å². The first-order chi connectivity index (χ1) is 26.8. The Kier molecular flexibility index (Phi) is 3.18. The Balaban J connectivity index is 1.42. The highest BCUT2D eigenvalue weighted by Crippen LogP contribution is 2.45. The summed E-state index contributed by atoms with van der Waals surface area (Å²) in [7, 11) is 0. The van der Waals surface area contributed by atoms with Crippen molar-refractivity contribution in [3.63, 3.8) is 0 Å². The van der Waals surface area contributed by atoms with Crippen LogP contribution in [0.25, 0.3) is 87.6 Å². The predicted octanol–water partition coefficient (Wildman–Crippen LogP) is 12.0. The smallest absolute Gasteiger partial charge is 0.136 e. The van der Waals surface area contributed by atoms with Crippen LogP contribution >= 0.6 is 0 Å². The minimum absolute atomic E-state index is 0.00669. The van der Waals surface area contributed by atoms with Gasteiger partial charge in [-0.3, -0.25) is 0 Å². The fraction of sp³-hybridized carbons (Fsp3) is 0. The summed E-state index contributed by atoms with van der Waals surface area (Å²) in [5, 5.41) is 1.56. The van der Waals surface area contributed by atoms with Crippen molar-refractivity contribution in [3.05, 3.63) is 157 Å². The Morgan fingerprint density at radius 3 is 1.56 bits per heavy atom. The van der Waals surface area contributed by atoms with E-state index in [2.05, 4.69) is 0 Å². The Hall–Kier alpha value is -5.66. The SMILES string of the molecule is [2H]c1c([2H])c([2H])c2c(oc3c([2H])c(-c4c5ccccc5c(-c5c([2H])c([2H])c6c([2H])c(-c7ccccc7)c([2H])c([2H])c6c5[2H])c5ccccc45)c([2H])c([2H])c32)c1[2H]. The van der Waals surface area contributed by atoms with Crippen LogP contribution in [-0.2, 0) is 0 Å². The Bertz CT molecular complexity index is 3170. The molecular formula is C42H26O. The van der Waals surface area contributed by atoms with Crippen LogP contribution in [0.2, 0.25) is 0 Å². The maximum absolute atomic E-state index is 9.55. The number of furan rings is 1. The van der Waals surface area contributed by atoms with Crippen molar-refractivity contribution in [1.82, 2.24) is 0 Å². The fourth-order valence-electron chi connectivity index (χ4n) is 5.84. The topological polar surface area (TPSA) is 13.1 Å². The average molecular weight is 560 g/mol. The predicted molar refractivity (Wildman–Crippen MR) is 183 cm³/mol. The van der Waals surface area contributed by atoms with Gasteiger partial charge in [-0.1, -0.05) is 127 Å². The Morgan fingerprint density at radius 1 is 0.372 bits per heavy atom. The monoisotopic (exact) mass is 559 g/mol. The first-order valence-electron chi connectivity index (χ1n) is 20.2. The molecule has 1 heteroatoms. The highest BCUT2D eigenvalue weighted by atomic mass is 16.3. The number of para-hydroxylation sites is 1. The van der Waals surface area contributed by atoms with Crippen molar-refractivity contribution >= 4 is 54.3 Å². The van der Waals surface area contributed by atoms with Gasteiger partial charge in [0.1, 0.15) is 11.2 Å². The van der Waals surface area contributed by atoms with Crippen LogP contribution < -0.4 is 0 Å². The van der Waals surface area contributed by atoms with Crippen LogP contribution in [0.5, 0.6) is 0 Å². The maximum atomic E-state index is 9.55. The number of hydrogen-bond donors (Lipinski definition) is 0. The third-order valence-electron chi connectivity index (χ3n) is 7.75. The molecular weight excluding hydrogens is 520 g/mol. The molecule has 1 aromatic heterocycles. The third-order valence-corrected chi connectivity index (χ3v) is 7.75. The van der Waals surface area contributed by atoms with Gasteiger partial charge in [0.05, 0.1) is 17.8 Å². The third kappa shape index (κ3) is 3.79. The van der Waals surface area contributed by atoms with Gasteiger partial charge in [0.25, 0.3) is 0 Å². The van der Waals surface area contributed by atoms with E-state index in [0.29, 0.717) is 38.2 Å². The summed E-state index contributed by atoms with van der Waals surface area (Å²) in [5.74, 6) is 0. The second-order valence-electron chi connectivity index (χ2n) is 10.2. The van der Waals surface area contributed by atoms with E-state index in [1.54, 1.807) is 78.9 Å². The summed E-state index contributed by atoms with van der Waals surface area (Å²) < 4.78 is 123. The van der Waals surface area contributed by atoms with E-state index < -0.39 is 30.2 Å². The summed E-state index contributed by atoms with van der Waals surface area (Å²) in [6.07, 6.45) is 0. The van der Waals surface area contributed by atoms with Gasteiger partial charge in [-0.25, -0.2) is 0 Å². The second kappa shape index (κ2) is 9.44. The van der Waals surface area contributed by atoms with Crippen molar-refractivity contribution in [2.45, 2.75) is 0 Å². The first kappa shape index (κ1) is 14.5. The number of fused-ring (bicyclic) bond motifs is 6. The maximum Gasteiger partial charge on any atom is 0.136 e. The molecule has 200 valence electrons. The normalized spacial score (nSPS) is 16.0. The summed E-state index contributed by atoms with van der Waals surface area (Å²) >= 11 is 0. The highest BCUT2D eigenvalue weighted by molar-refractivity contribution is 6.22. The van der Waals surface area contributed by atoms with Crippen LogP contribution in [0, 0.1) is 0 Å². The molecule has 0 aliphatic rings. The van der Waals surface area contributed by atoms with Gasteiger partial charge in [0.15, 0.2) is 0 Å². The molecule has 1 heterocycles. The molecule has 43 heavy (non-hydrogen) atoms. The lowest BCUT2D eigenvalue weighted by atomic mass is 9.85. The fourth-order valence-corrected chi connectivity index (χ4v) is 5.84. The lowest BCUT2D eigenvalue weighted by molar-refractivity contribution is 0.669. The van der Waals surface area contributed by atoms with Crippen LogP contribution in [-0.4, -0.2) is 0 Å². The Labute approximate surface area is 267 Å². The molecule has 0 spiro atoms. The molecule has 8 aromatic carbocycles. The van der Waals surface area contributed by atoms with Crippen LogP contribution in [0.15, 0.2) is 162 Å². The minimum Gasteiger partial charge on any atom is -0.456 e. The van der Waals surface area contributed by atoms with Crippen LogP contribution in [0.1, 0.15) is 17.8 Å². The minimum atomic E-state index is -0.530. The lowest BCUT2D eigenvalue weighted by Crippen LogP contribution is -1.91.